The molecule has 2 aromatic rings. The van der Waals surface area contributed by atoms with Gasteiger partial charge in [-0.15, -0.1) is 0 Å². The largest absolute Gasteiger partial charge is 0.458 e. The maximum atomic E-state index is 13.8. The van der Waals surface area contributed by atoms with Crippen molar-refractivity contribution < 1.29 is 17.9 Å². The summed E-state index contributed by atoms with van der Waals surface area (Å²) in [5.74, 6) is 0. The molecule has 0 spiro atoms. The molecule has 3 rings (SSSR count). The second kappa shape index (κ2) is 4.37. The normalized spacial score (nSPS) is 21.1. The van der Waals surface area contributed by atoms with Gasteiger partial charge < -0.3 is 4.74 Å². The fourth-order valence-electron chi connectivity index (χ4n) is 2.39. The van der Waals surface area contributed by atoms with E-state index in [-0.39, 0.29) is 16.8 Å². The number of para-hydroxylation sites is 1. The predicted octanol–water partition coefficient (Wildman–Crippen LogP) is 4.18. The van der Waals surface area contributed by atoms with E-state index in [4.69, 9.17) is 4.74 Å². The van der Waals surface area contributed by atoms with Gasteiger partial charge in [-0.3, -0.25) is 0 Å². The molecular weight excluding hydrogens is 267 g/mol. The molecule has 5 heteroatoms. The van der Waals surface area contributed by atoms with Gasteiger partial charge >= 0.3 is 6.18 Å². The lowest BCUT2D eigenvalue weighted by atomic mass is 9.84. The first-order valence-corrected chi connectivity index (χ1v) is 5.98. The van der Waals surface area contributed by atoms with Crippen molar-refractivity contribution >= 4 is 12.1 Å². The topological polar surface area (TPSA) is 21.6 Å². The first-order chi connectivity index (χ1) is 9.56. The second-order valence-corrected chi connectivity index (χ2v) is 4.41. The number of halogens is 3. The molecule has 0 fully saturated rings. The van der Waals surface area contributed by atoms with Crippen molar-refractivity contribution in [3.8, 4) is 0 Å². The third-order valence-corrected chi connectivity index (χ3v) is 3.28. The highest BCUT2D eigenvalue weighted by atomic mass is 19.4. The third-order valence-electron chi connectivity index (χ3n) is 3.28. The van der Waals surface area contributed by atoms with Gasteiger partial charge in [0.25, 0.3) is 5.60 Å². The predicted molar refractivity (Wildman–Crippen MR) is 69.0 cm³/mol. The van der Waals surface area contributed by atoms with Crippen molar-refractivity contribution in [2.24, 2.45) is 4.99 Å². The van der Waals surface area contributed by atoms with Gasteiger partial charge in [0.05, 0.1) is 5.69 Å². The molecular formula is C15H10F3NO. The molecule has 1 aliphatic heterocycles. The van der Waals surface area contributed by atoms with E-state index in [1.54, 1.807) is 30.3 Å². The molecule has 102 valence electrons. The summed E-state index contributed by atoms with van der Waals surface area (Å²) in [6.07, 6.45) is -3.74. The Morgan fingerprint density at radius 2 is 1.55 bits per heavy atom. The fourth-order valence-corrected chi connectivity index (χ4v) is 2.39. The summed E-state index contributed by atoms with van der Waals surface area (Å²) in [4.78, 5) is 3.88. The number of benzene rings is 2. The average molecular weight is 277 g/mol. The monoisotopic (exact) mass is 277 g/mol. The Labute approximate surface area is 113 Å². The zero-order valence-electron chi connectivity index (χ0n) is 10.3. The molecule has 0 N–H and O–H groups in total. The first-order valence-electron chi connectivity index (χ1n) is 5.98. The maximum absolute atomic E-state index is 13.8. The minimum Gasteiger partial charge on any atom is -0.458 e. The molecule has 0 amide bonds. The third kappa shape index (κ3) is 1.70. The lowest BCUT2D eigenvalue weighted by Crippen LogP contribution is -2.46. The maximum Gasteiger partial charge on any atom is 0.437 e. The van der Waals surface area contributed by atoms with E-state index in [0.29, 0.717) is 0 Å². The molecule has 2 nitrogen and oxygen atoms in total. The van der Waals surface area contributed by atoms with Crippen LogP contribution in [0, 0.1) is 0 Å². The van der Waals surface area contributed by atoms with E-state index in [1.165, 1.54) is 24.3 Å². The van der Waals surface area contributed by atoms with Crippen molar-refractivity contribution in [2.45, 2.75) is 11.8 Å². The first kappa shape index (κ1) is 12.7. The molecule has 20 heavy (non-hydrogen) atoms. The summed E-state index contributed by atoms with van der Waals surface area (Å²) in [6.45, 7) is 0. The number of hydrogen-bond acceptors (Lipinski definition) is 2. The van der Waals surface area contributed by atoms with Crippen LogP contribution in [0.15, 0.2) is 59.6 Å². The molecule has 0 aromatic heterocycles. The number of nitrogens with zero attached hydrogens (tertiary/aromatic N) is 1. The summed E-state index contributed by atoms with van der Waals surface area (Å²) in [7, 11) is 0. The molecule has 0 saturated carbocycles. The van der Waals surface area contributed by atoms with Crippen molar-refractivity contribution in [3.05, 3.63) is 65.7 Å². The Bertz CT molecular complexity index is 652. The van der Waals surface area contributed by atoms with Gasteiger partial charge in [-0.2, -0.15) is 13.2 Å². The minimum atomic E-state index is -4.60. The van der Waals surface area contributed by atoms with E-state index < -0.39 is 11.8 Å². The van der Waals surface area contributed by atoms with Crippen LogP contribution in [-0.2, 0) is 10.3 Å². The van der Waals surface area contributed by atoms with Gasteiger partial charge in [-0.1, -0.05) is 48.5 Å². The molecule has 0 aliphatic carbocycles. The van der Waals surface area contributed by atoms with Crippen LogP contribution in [0.4, 0.5) is 18.9 Å². The minimum absolute atomic E-state index is 0.00111. The molecule has 1 aliphatic rings. The van der Waals surface area contributed by atoms with Crippen LogP contribution in [0.2, 0.25) is 0 Å². The number of rotatable bonds is 1. The summed E-state index contributed by atoms with van der Waals surface area (Å²) in [6, 6.07) is 13.7. The Hall–Kier alpha value is -2.30. The number of ether oxygens (including phenoxy) is 1. The van der Waals surface area contributed by atoms with Gasteiger partial charge in [-0.25, -0.2) is 4.99 Å². The van der Waals surface area contributed by atoms with Crippen LogP contribution in [0.3, 0.4) is 0 Å². The van der Waals surface area contributed by atoms with E-state index in [9.17, 15) is 13.2 Å². The van der Waals surface area contributed by atoms with Crippen LogP contribution in [0.25, 0.3) is 0 Å². The zero-order valence-corrected chi connectivity index (χ0v) is 10.3. The Balaban J connectivity index is 2.32. The number of fused-ring (bicyclic) bond motifs is 1. The standard InChI is InChI=1S/C15H10F3NO/c16-15(17,18)14(11-6-2-1-3-7-11)12-8-4-5-9-13(12)19-10-20-14/h1-10H. The summed E-state index contributed by atoms with van der Waals surface area (Å²) in [5.41, 5.74) is -2.21. The lowest BCUT2D eigenvalue weighted by Gasteiger charge is -2.37. The zero-order chi connectivity index (χ0) is 14.2. The molecule has 0 radical (unpaired) electrons. The Morgan fingerprint density at radius 3 is 2.25 bits per heavy atom. The highest BCUT2D eigenvalue weighted by molar-refractivity contribution is 5.67. The van der Waals surface area contributed by atoms with Crippen molar-refractivity contribution in [1.29, 1.82) is 0 Å². The molecule has 1 heterocycles. The molecule has 0 bridgehead atoms. The van der Waals surface area contributed by atoms with E-state index >= 15 is 0 Å². The highest BCUT2D eigenvalue weighted by Gasteiger charge is 2.61. The van der Waals surface area contributed by atoms with Gasteiger partial charge in [0.2, 0.25) is 0 Å². The molecule has 2 aromatic carbocycles. The van der Waals surface area contributed by atoms with Crippen molar-refractivity contribution in [3.63, 3.8) is 0 Å². The molecule has 1 atom stereocenters. The summed E-state index contributed by atoms with van der Waals surface area (Å²) in [5, 5.41) is 0. The van der Waals surface area contributed by atoms with Gasteiger partial charge in [0, 0.05) is 11.1 Å². The van der Waals surface area contributed by atoms with Crippen LogP contribution >= 0.6 is 0 Å². The van der Waals surface area contributed by atoms with Gasteiger partial charge in [0.15, 0.2) is 6.40 Å². The quantitative estimate of drug-likeness (QED) is 0.766. The Morgan fingerprint density at radius 1 is 0.900 bits per heavy atom. The average Bonchev–Trinajstić information content (AvgIpc) is 2.46. The second-order valence-electron chi connectivity index (χ2n) is 4.41. The van der Waals surface area contributed by atoms with E-state index in [2.05, 4.69) is 4.99 Å². The van der Waals surface area contributed by atoms with Crippen molar-refractivity contribution in [2.75, 3.05) is 0 Å². The van der Waals surface area contributed by atoms with Crippen LogP contribution in [-0.4, -0.2) is 12.6 Å². The number of alkyl halides is 3. The molecule has 1 unspecified atom stereocenters. The van der Waals surface area contributed by atoms with E-state index in [0.717, 1.165) is 6.40 Å². The highest BCUT2D eigenvalue weighted by Crippen LogP contribution is 2.51. The van der Waals surface area contributed by atoms with Gasteiger partial charge in [0.1, 0.15) is 0 Å². The van der Waals surface area contributed by atoms with Crippen LogP contribution in [0.1, 0.15) is 11.1 Å². The number of hydrogen-bond donors (Lipinski definition) is 0. The van der Waals surface area contributed by atoms with Crippen LogP contribution in [0.5, 0.6) is 0 Å². The van der Waals surface area contributed by atoms with Crippen LogP contribution < -0.4 is 0 Å². The van der Waals surface area contributed by atoms with Gasteiger partial charge in [-0.05, 0) is 6.07 Å². The fraction of sp³-hybridized carbons (Fsp3) is 0.133. The Kier molecular flexibility index (Phi) is 2.78. The van der Waals surface area contributed by atoms with E-state index in [1.807, 2.05) is 0 Å². The SMILES string of the molecule is FC(F)(F)C1(c2ccccc2)OC=Nc2ccccc21. The smallest absolute Gasteiger partial charge is 0.437 e. The molecule has 0 saturated heterocycles. The van der Waals surface area contributed by atoms with Crippen molar-refractivity contribution in [1.82, 2.24) is 0 Å². The lowest BCUT2D eigenvalue weighted by molar-refractivity contribution is -0.241. The number of aliphatic imine (C=N–C) groups is 1. The summed E-state index contributed by atoms with van der Waals surface area (Å²) >= 11 is 0. The summed E-state index contributed by atoms with van der Waals surface area (Å²) < 4.78 is 46.3.